The number of nitrogens with one attached hydrogen (secondary N) is 2. The molecule has 1 aromatic rings. The third-order valence-electron chi connectivity index (χ3n) is 4.06. The lowest BCUT2D eigenvalue weighted by atomic mass is 10.1. The molecule has 0 aromatic carbocycles. The van der Waals surface area contributed by atoms with E-state index in [1.54, 1.807) is 4.31 Å². The molecule has 0 aliphatic carbocycles. The molecule has 0 saturated carbocycles. The van der Waals surface area contributed by atoms with Gasteiger partial charge in [0.2, 0.25) is 0 Å². The Labute approximate surface area is 127 Å². The fourth-order valence-corrected chi connectivity index (χ4v) is 4.65. The summed E-state index contributed by atoms with van der Waals surface area (Å²) in [6.45, 7) is 7.93. The van der Waals surface area contributed by atoms with Gasteiger partial charge < -0.3 is 5.32 Å². The van der Waals surface area contributed by atoms with Gasteiger partial charge in [0.15, 0.2) is 5.03 Å². The second-order valence-electron chi connectivity index (χ2n) is 5.77. The Hall–Kier alpha value is -0.920. The first-order valence-electron chi connectivity index (χ1n) is 7.75. The van der Waals surface area contributed by atoms with Crippen molar-refractivity contribution in [2.75, 3.05) is 13.1 Å². The maximum absolute atomic E-state index is 12.9. The van der Waals surface area contributed by atoms with E-state index in [1.165, 1.54) is 0 Å². The number of aromatic amines is 1. The van der Waals surface area contributed by atoms with Crippen LogP contribution in [0.1, 0.15) is 50.8 Å². The van der Waals surface area contributed by atoms with E-state index in [4.69, 9.17) is 0 Å². The summed E-state index contributed by atoms with van der Waals surface area (Å²) in [5.74, 6) is 0. The summed E-state index contributed by atoms with van der Waals surface area (Å²) in [5.41, 5.74) is 1.59. The molecular weight excluding hydrogens is 288 g/mol. The van der Waals surface area contributed by atoms with Gasteiger partial charge in [-0.2, -0.15) is 9.40 Å². The van der Waals surface area contributed by atoms with Crippen molar-refractivity contribution in [1.82, 2.24) is 19.8 Å². The van der Waals surface area contributed by atoms with Crippen LogP contribution >= 0.6 is 0 Å². The fraction of sp³-hybridized carbons (Fsp3) is 0.786. The maximum atomic E-state index is 12.9. The molecule has 7 heteroatoms. The molecule has 120 valence electrons. The van der Waals surface area contributed by atoms with Crippen molar-refractivity contribution in [2.24, 2.45) is 0 Å². The van der Waals surface area contributed by atoms with E-state index in [9.17, 15) is 8.42 Å². The van der Waals surface area contributed by atoms with Gasteiger partial charge in [0.25, 0.3) is 10.0 Å². The minimum absolute atomic E-state index is 0.0530. The lowest BCUT2D eigenvalue weighted by Gasteiger charge is -2.31. The largest absolute Gasteiger partial charge is 0.313 e. The number of piperidine rings is 1. The molecule has 2 rings (SSSR count). The highest BCUT2D eigenvalue weighted by Crippen LogP contribution is 2.26. The molecule has 6 nitrogen and oxygen atoms in total. The molecule has 1 fully saturated rings. The van der Waals surface area contributed by atoms with Crippen LogP contribution in [0.3, 0.4) is 0 Å². The first-order valence-corrected chi connectivity index (χ1v) is 9.19. The number of rotatable bonds is 6. The average Bonchev–Trinajstić information content (AvgIpc) is 2.82. The van der Waals surface area contributed by atoms with Crippen LogP contribution in [0.15, 0.2) is 5.03 Å². The summed E-state index contributed by atoms with van der Waals surface area (Å²) in [4.78, 5) is 0. The van der Waals surface area contributed by atoms with Crippen LogP contribution in [0, 0.1) is 6.92 Å². The molecule has 1 atom stereocenters. The van der Waals surface area contributed by atoms with Crippen molar-refractivity contribution in [3.8, 4) is 0 Å². The van der Waals surface area contributed by atoms with Gasteiger partial charge in [-0.3, -0.25) is 5.10 Å². The lowest BCUT2D eigenvalue weighted by molar-refractivity contribution is 0.267. The van der Waals surface area contributed by atoms with Crippen LogP contribution < -0.4 is 5.32 Å². The van der Waals surface area contributed by atoms with E-state index in [0.29, 0.717) is 13.1 Å². The highest BCUT2D eigenvalue weighted by atomic mass is 32.2. The molecule has 1 saturated heterocycles. The lowest BCUT2D eigenvalue weighted by Crippen LogP contribution is -2.42. The molecular formula is C14H26N4O2S. The van der Waals surface area contributed by atoms with Crippen LogP contribution in [0.4, 0.5) is 0 Å². The second-order valence-corrected chi connectivity index (χ2v) is 7.58. The number of aromatic nitrogens is 2. The quantitative estimate of drug-likeness (QED) is 0.785. The molecule has 1 unspecified atom stereocenters. The molecule has 21 heavy (non-hydrogen) atoms. The monoisotopic (exact) mass is 314 g/mol. The van der Waals surface area contributed by atoms with E-state index in [-0.39, 0.29) is 11.1 Å². The van der Waals surface area contributed by atoms with E-state index in [0.717, 1.165) is 43.5 Å². The zero-order valence-corrected chi connectivity index (χ0v) is 14.0. The SMILES string of the molecule is CCCNCc1c(S(=O)(=O)N2CCCCC2C)n[nH]c1C. The highest BCUT2D eigenvalue weighted by Gasteiger charge is 2.34. The summed E-state index contributed by atoms with van der Waals surface area (Å²) in [5, 5.41) is 10.4. The molecule has 0 radical (unpaired) electrons. The molecule has 1 aromatic heterocycles. The third-order valence-corrected chi connectivity index (χ3v) is 6.05. The predicted molar refractivity (Wildman–Crippen MR) is 82.5 cm³/mol. The zero-order chi connectivity index (χ0) is 15.5. The van der Waals surface area contributed by atoms with Crippen LogP contribution in [0.2, 0.25) is 0 Å². The Morgan fingerprint density at radius 1 is 1.43 bits per heavy atom. The van der Waals surface area contributed by atoms with E-state index < -0.39 is 10.0 Å². The van der Waals surface area contributed by atoms with Gasteiger partial charge in [-0.15, -0.1) is 0 Å². The smallest absolute Gasteiger partial charge is 0.262 e. The summed E-state index contributed by atoms with van der Waals surface area (Å²) in [7, 11) is -3.51. The number of aryl methyl sites for hydroxylation is 1. The van der Waals surface area contributed by atoms with Crippen LogP contribution in [-0.4, -0.2) is 42.1 Å². The van der Waals surface area contributed by atoms with Gasteiger partial charge in [0, 0.05) is 30.4 Å². The van der Waals surface area contributed by atoms with Crippen molar-refractivity contribution in [3.63, 3.8) is 0 Å². The van der Waals surface area contributed by atoms with Gasteiger partial charge in [-0.25, -0.2) is 8.42 Å². The molecule has 2 N–H and O–H groups in total. The number of hydrogen-bond acceptors (Lipinski definition) is 4. The van der Waals surface area contributed by atoms with Crippen molar-refractivity contribution in [3.05, 3.63) is 11.3 Å². The van der Waals surface area contributed by atoms with Gasteiger partial charge >= 0.3 is 0 Å². The summed E-state index contributed by atoms with van der Waals surface area (Å²) in [6, 6.07) is 0.0530. The van der Waals surface area contributed by atoms with Gasteiger partial charge in [0.1, 0.15) is 0 Å². The van der Waals surface area contributed by atoms with Crippen molar-refractivity contribution in [2.45, 2.75) is 64.1 Å². The van der Waals surface area contributed by atoms with E-state index >= 15 is 0 Å². The Bertz CT molecular complexity index is 568. The Morgan fingerprint density at radius 3 is 2.86 bits per heavy atom. The molecule has 1 aliphatic rings. The standard InChI is InChI=1S/C14H26N4O2S/c1-4-8-15-10-13-12(3)16-17-14(13)21(19,20)18-9-6-5-7-11(18)2/h11,15H,4-10H2,1-3H3,(H,16,17). The Kier molecular flexibility index (Phi) is 5.40. The summed E-state index contributed by atoms with van der Waals surface area (Å²) >= 11 is 0. The van der Waals surface area contributed by atoms with Crippen LogP contribution in [0.5, 0.6) is 0 Å². The summed E-state index contributed by atoms with van der Waals surface area (Å²) in [6.07, 6.45) is 3.96. The van der Waals surface area contributed by atoms with Crippen molar-refractivity contribution >= 4 is 10.0 Å². The summed E-state index contributed by atoms with van der Waals surface area (Å²) < 4.78 is 27.4. The predicted octanol–water partition coefficient (Wildman–Crippen LogP) is 1.78. The highest BCUT2D eigenvalue weighted by molar-refractivity contribution is 7.89. The van der Waals surface area contributed by atoms with Crippen molar-refractivity contribution < 1.29 is 8.42 Å². The number of H-pyrrole nitrogens is 1. The number of hydrogen-bond donors (Lipinski definition) is 2. The topological polar surface area (TPSA) is 78.1 Å². The molecule has 0 amide bonds. The normalized spacial score (nSPS) is 20.8. The Morgan fingerprint density at radius 2 is 2.19 bits per heavy atom. The zero-order valence-electron chi connectivity index (χ0n) is 13.1. The Balaban J connectivity index is 2.27. The minimum Gasteiger partial charge on any atom is -0.313 e. The van der Waals surface area contributed by atoms with Crippen molar-refractivity contribution in [1.29, 1.82) is 0 Å². The molecule has 2 heterocycles. The van der Waals surface area contributed by atoms with E-state index in [2.05, 4.69) is 22.4 Å². The number of nitrogens with zero attached hydrogens (tertiary/aromatic N) is 2. The molecule has 0 bridgehead atoms. The van der Waals surface area contributed by atoms with Crippen LogP contribution in [-0.2, 0) is 16.6 Å². The minimum atomic E-state index is -3.51. The molecule has 1 aliphatic heterocycles. The first-order chi connectivity index (χ1) is 9.98. The van der Waals surface area contributed by atoms with Gasteiger partial charge in [0.05, 0.1) is 0 Å². The number of sulfonamides is 1. The van der Waals surface area contributed by atoms with Gasteiger partial charge in [-0.05, 0) is 39.7 Å². The fourth-order valence-electron chi connectivity index (χ4n) is 2.78. The maximum Gasteiger partial charge on any atom is 0.262 e. The average molecular weight is 314 g/mol. The third kappa shape index (κ3) is 3.46. The molecule has 0 spiro atoms. The van der Waals surface area contributed by atoms with Gasteiger partial charge in [-0.1, -0.05) is 13.3 Å². The first kappa shape index (κ1) is 16.5. The van der Waals surface area contributed by atoms with Crippen LogP contribution in [0.25, 0.3) is 0 Å². The second kappa shape index (κ2) is 6.89. The van der Waals surface area contributed by atoms with E-state index in [1.807, 2.05) is 13.8 Å².